The van der Waals surface area contributed by atoms with E-state index in [1.165, 1.54) is 41.9 Å². The Bertz CT molecular complexity index is 1290. The summed E-state index contributed by atoms with van der Waals surface area (Å²) in [7, 11) is 1.45. The van der Waals surface area contributed by atoms with Crippen molar-refractivity contribution in [2.75, 3.05) is 7.05 Å². The number of pyridine rings is 1. The van der Waals surface area contributed by atoms with E-state index in [1.54, 1.807) is 6.92 Å². The Kier molecular flexibility index (Phi) is 6.73. The summed E-state index contributed by atoms with van der Waals surface area (Å²) in [5, 5.41) is 2.47. The zero-order chi connectivity index (χ0) is 23.6. The number of nitrogens with one attached hydrogen (secondary N) is 1. The van der Waals surface area contributed by atoms with Crippen LogP contribution in [-0.4, -0.2) is 23.4 Å². The summed E-state index contributed by atoms with van der Waals surface area (Å²) in [6, 6.07) is 8.76. The second-order valence-electron chi connectivity index (χ2n) is 6.80. The van der Waals surface area contributed by atoms with Gasteiger partial charge in [0.1, 0.15) is 28.5 Å². The number of primary amides is 1. The summed E-state index contributed by atoms with van der Waals surface area (Å²) in [4.78, 5) is 37.1. The predicted octanol–water partition coefficient (Wildman–Crippen LogP) is 3.22. The topological polar surface area (TPSA) is 103 Å². The number of halogens is 3. The van der Waals surface area contributed by atoms with Crippen LogP contribution in [0.2, 0.25) is 0 Å². The van der Waals surface area contributed by atoms with Crippen LogP contribution in [0.5, 0.6) is 5.75 Å². The number of carbonyl (C=O) groups excluding carboxylic acids is 2. The lowest BCUT2D eigenvalue weighted by atomic mass is 10.1. The van der Waals surface area contributed by atoms with Crippen molar-refractivity contribution in [1.29, 1.82) is 0 Å². The largest absolute Gasteiger partial charge is 0.487 e. The maximum atomic E-state index is 13.9. The molecule has 0 saturated heterocycles. The molecular formula is C22H18BrF2N3O4. The Morgan fingerprint density at radius 2 is 1.88 bits per heavy atom. The molecule has 3 rings (SSSR count). The fourth-order valence-corrected chi connectivity index (χ4v) is 3.50. The second kappa shape index (κ2) is 9.31. The Labute approximate surface area is 189 Å². The number of nitrogens with zero attached hydrogens (tertiary/aromatic N) is 1. The van der Waals surface area contributed by atoms with Crippen molar-refractivity contribution in [2.45, 2.75) is 13.5 Å². The Hall–Kier alpha value is -3.53. The highest BCUT2D eigenvalue weighted by Gasteiger charge is 2.20. The van der Waals surface area contributed by atoms with Gasteiger partial charge in [0.25, 0.3) is 17.4 Å². The van der Waals surface area contributed by atoms with Crippen LogP contribution in [0.15, 0.2) is 51.7 Å². The zero-order valence-electron chi connectivity index (χ0n) is 17.0. The van der Waals surface area contributed by atoms with E-state index >= 15 is 0 Å². The molecule has 0 atom stereocenters. The monoisotopic (exact) mass is 505 g/mol. The Morgan fingerprint density at radius 3 is 2.50 bits per heavy atom. The normalized spacial score (nSPS) is 10.7. The van der Waals surface area contributed by atoms with Crippen LogP contribution in [-0.2, 0) is 6.61 Å². The smallest absolute Gasteiger partial charge is 0.273 e. The molecule has 0 fully saturated rings. The lowest BCUT2D eigenvalue weighted by Crippen LogP contribution is -2.26. The highest BCUT2D eigenvalue weighted by atomic mass is 79.9. The first kappa shape index (κ1) is 23.1. The number of carbonyl (C=O) groups is 2. The maximum absolute atomic E-state index is 13.9. The first-order valence-electron chi connectivity index (χ1n) is 9.29. The van der Waals surface area contributed by atoms with E-state index in [9.17, 15) is 23.2 Å². The molecular weight excluding hydrogens is 488 g/mol. The SMILES string of the molecule is CNC(=O)c1ccc(C(N)=O)c(-n2c(C)cc(OCc3ccc(F)cc3F)c(Br)c2=O)c1. The van der Waals surface area contributed by atoms with Crippen LogP contribution in [0.3, 0.4) is 0 Å². The lowest BCUT2D eigenvalue weighted by molar-refractivity contribution is 0.0959. The van der Waals surface area contributed by atoms with Gasteiger partial charge in [-0.25, -0.2) is 8.78 Å². The lowest BCUT2D eigenvalue weighted by Gasteiger charge is -2.17. The van der Waals surface area contributed by atoms with Gasteiger partial charge in [-0.05, 0) is 53.2 Å². The van der Waals surface area contributed by atoms with Gasteiger partial charge >= 0.3 is 0 Å². The van der Waals surface area contributed by atoms with Crippen LogP contribution >= 0.6 is 15.9 Å². The molecule has 0 radical (unpaired) electrons. The molecule has 3 aromatic rings. The second-order valence-corrected chi connectivity index (χ2v) is 7.60. The predicted molar refractivity (Wildman–Crippen MR) is 117 cm³/mol. The van der Waals surface area contributed by atoms with Crippen LogP contribution in [0.25, 0.3) is 5.69 Å². The molecule has 0 bridgehead atoms. The van der Waals surface area contributed by atoms with Gasteiger partial charge in [0.2, 0.25) is 0 Å². The Morgan fingerprint density at radius 1 is 1.16 bits per heavy atom. The van der Waals surface area contributed by atoms with Crippen molar-refractivity contribution in [3.63, 3.8) is 0 Å². The molecule has 0 spiro atoms. The van der Waals surface area contributed by atoms with Crippen molar-refractivity contribution in [3.8, 4) is 11.4 Å². The van der Waals surface area contributed by atoms with Crippen molar-refractivity contribution in [1.82, 2.24) is 9.88 Å². The van der Waals surface area contributed by atoms with Crippen molar-refractivity contribution in [3.05, 3.63) is 91.3 Å². The average molecular weight is 506 g/mol. The van der Waals surface area contributed by atoms with E-state index < -0.39 is 29.0 Å². The number of ether oxygens (including phenoxy) is 1. The fraction of sp³-hybridized carbons (Fsp3) is 0.136. The number of hydrogen-bond acceptors (Lipinski definition) is 4. The van der Waals surface area contributed by atoms with E-state index in [2.05, 4.69) is 21.2 Å². The van der Waals surface area contributed by atoms with E-state index in [0.29, 0.717) is 5.69 Å². The number of amides is 2. The third-order valence-corrected chi connectivity index (χ3v) is 5.42. The standard InChI is InChI=1S/C22H18BrF2N3O4/c1-11-7-18(32-10-13-3-5-14(24)9-16(13)25)19(23)22(31)28(11)17-8-12(21(30)27-2)4-6-15(17)20(26)29/h3-9H,10H2,1-2H3,(H2,26,29)(H,27,30). The molecule has 166 valence electrons. The molecule has 0 aliphatic rings. The highest BCUT2D eigenvalue weighted by Crippen LogP contribution is 2.27. The van der Waals surface area contributed by atoms with E-state index in [0.717, 1.165) is 12.1 Å². The minimum Gasteiger partial charge on any atom is -0.487 e. The molecule has 7 nitrogen and oxygen atoms in total. The van der Waals surface area contributed by atoms with Crippen molar-refractivity contribution < 1.29 is 23.1 Å². The van der Waals surface area contributed by atoms with Gasteiger partial charge in [-0.1, -0.05) is 0 Å². The van der Waals surface area contributed by atoms with Crippen LogP contribution in [0, 0.1) is 18.6 Å². The van der Waals surface area contributed by atoms with Gasteiger partial charge in [0.05, 0.1) is 11.3 Å². The summed E-state index contributed by atoms with van der Waals surface area (Å²) in [5.74, 6) is -2.56. The molecule has 2 aromatic carbocycles. The van der Waals surface area contributed by atoms with E-state index in [-0.39, 0.29) is 39.2 Å². The zero-order valence-corrected chi connectivity index (χ0v) is 18.6. The minimum atomic E-state index is -0.780. The summed E-state index contributed by atoms with van der Waals surface area (Å²) in [6.07, 6.45) is 0. The number of aromatic nitrogens is 1. The molecule has 0 aliphatic heterocycles. The van der Waals surface area contributed by atoms with Gasteiger partial charge in [0, 0.05) is 36.0 Å². The van der Waals surface area contributed by atoms with Crippen molar-refractivity contribution >= 4 is 27.7 Å². The molecule has 1 heterocycles. The molecule has 2 amide bonds. The molecule has 0 aliphatic carbocycles. The minimum absolute atomic E-state index is 0.00591. The van der Waals surface area contributed by atoms with Gasteiger partial charge in [-0.15, -0.1) is 0 Å². The Balaban J connectivity index is 2.07. The third kappa shape index (κ3) is 4.54. The summed E-state index contributed by atoms with van der Waals surface area (Å²) in [6.45, 7) is 1.35. The first-order valence-corrected chi connectivity index (χ1v) is 10.1. The third-order valence-electron chi connectivity index (χ3n) is 4.69. The highest BCUT2D eigenvalue weighted by molar-refractivity contribution is 9.10. The summed E-state index contributed by atoms with van der Waals surface area (Å²) >= 11 is 3.18. The van der Waals surface area contributed by atoms with Gasteiger partial charge in [0.15, 0.2) is 0 Å². The van der Waals surface area contributed by atoms with E-state index in [1.807, 2.05) is 0 Å². The number of hydrogen-bond donors (Lipinski definition) is 2. The molecule has 0 saturated carbocycles. The maximum Gasteiger partial charge on any atom is 0.273 e. The summed E-state index contributed by atoms with van der Waals surface area (Å²) < 4.78 is 33.8. The van der Waals surface area contributed by atoms with Gasteiger partial charge in [-0.3, -0.25) is 19.0 Å². The molecule has 3 N–H and O–H groups in total. The fourth-order valence-electron chi connectivity index (χ4n) is 3.09. The number of nitrogens with two attached hydrogens (primary N) is 1. The average Bonchev–Trinajstić information content (AvgIpc) is 2.75. The molecule has 0 unspecified atom stereocenters. The number of benzene rings is 2. The number of aryl methyl sites for hydroxylation is 1. The molecule has 32 heavy (non-hydrogen) atoms. The van der Waals surface area contributed by atoms with Crippen LogP contribution in [0.4, 0.5) is 8.78 Å². The van der Waals surface area contributed by atoms with Gasteiger partial charge < -0.3 is 15.8 Å². The first-order chi connectivity index (χ1) is 15.1. The summed E-state index contributed by atoms with van der Waals surface area (Å²) in [5.41, 5.74) is 5.73. The van der Waals surface area contributed by atoms with Gasteiger partial charge in [-0.2, -0.15) is 0 Å². The number of rotatable bonds is 6. The van der Waals surface area contributed by atoms with Crippen molar-refractivity contribution in [2.24, 2.45) is 5.73 Å². The molecule has 1 aromatic heterocycles. The quantitative estimate of drug-likeness (QED) is 0.536. The van der Waals surface area contributed by atoms with Crippen LogP contribution < -0.4 is 21.3 Å². The van der Waals surface area contributed by atoms with E-state index in [4.69, 9.17) is 10.5 Å². The van der Waals surface area contributed by atoms with Crippen LogP contribution in [0.1, 0.15) is 32.0 Å². The molecule has 10 heteroatoms.